The molecule has 1 amide bonds. The summed E-state index contributed by atoms with van der Waals surface area (Å²) in [5, 5.41) is 11.4. The lowest BCUT2D eigenvalue weighted by molar-refractivity contribution is -0.137. The number of halogens is 2. The lowest BCUT2D eigenvalue weighted by Gasteiger charge is -2.23. The van der Waals surface area contributed by atoms with Crippen LogP contribution in [0.15, 0.2) is 18.2 Å². The third-order valence-corrected chi connectivity index (χ3v) is 3.18. The van der Waals surface area contributed by atoms with E-state index in [9.17, 15) is 14.0 Å². The SMILES string of the molecule is CC(C)(C)OC(=O)NC(CCC(=O)O)Cc1ccc(F)c(Cl)c1. The summed E-state index contributed by atoms with van der Waals surface area (Å²) in [6.45, 7) is 5.20. The molecule has 0 bridgehead atoms. The average Bonchev–Trinajstić information content (AvgIpc) is 2.38. The van der Waals surface area contributed by atoms with Crippen molar-refractivity contribution in [3.8, 4) is 0 Å². The van der Waals surface area contributed by atoms with E-state index >= 15 is 0 Å². The van der Waals surface area contributed by atoms with Crippen molar-refractivity contribution in [2.45, 2.75) is 51.7 Å². The number of aliphatic carboxylic acids is 1. The van der Waals surface area contributed by atoms with Gasteiger partial charge in [-0.05, 0) is 51.3 Å². The Kier molecular flexibility index (Phi) is 6.81. The quantitative estimate of drug-likeness (QED) is 0.822. The molecule has 0 aliphatic rings. The van der Waals surface area contributed by atoms with E-state index in [4.69, 9.17) is 21.4 Å². The molecule has 0 heterocycles. The number of carboxylic acids is 1. The molecule has 0 aliphatic carbocycles. The molecule has 23 heavy (non-hydrogen) atoms. The minimum absolute atomic E-state index is 0.0169. The van der Waals surface area contributed by atoms with Crippen LogP contribution in [0.1, 0.15) is 39.2 Å². The molecule has 0 fully saturated rings. The van der Waals surface area contributed by atoms with Crippen LogP contribution in [0.3, 0.4) is 0 Å². The lowest BCUT2D eigenvalue weighted by Crippen LogP contribution is -2.40. The molecule has 2 N–H and O–H groups in total. The highest BCUT2D eigenvalue weighted by Crippen LogP contribution is 2.18. The van der Waals surface area contributed by atoms with Gasteiger partial charge in [0.25, 0.3) is 0 Å². The summed E-state index contributed by atoms with van der Waals surface area (Å²) in [4.78, 5) is 22.6. The van der Waals surface area contributed by atoms with Crippen LogP contribution in [-0.4, -0.2) is 28.8 Å². The number of rotatable bonds is 6. The second-order valence-electron chi connectivity index (χ2n) is 6.23. The van der Waals surface area contributed by atoms with E-state index in [0.29, 0.717) is 12.0 Å². The highest BCUT2D eigenvalue weighted by molar-refractivity contribution is 6.30. The van der Waals surface area contributed by atoms with Crippen molar-refractivity contribution in [2.24, 2.45) is 0 Å². The Labute approximate surface area is 139 Å². The summed E-state index contributed by atoms with van der Waals surface area (Å²) in [5.41, 5.74) is 0.0449. The number of nitrogens with one attached hydrogen (secondary N) is 1. The normalized spacial score (nSPS) is 12.6. The molecular formula is C16H21ClFNO4. The van der Waals surface area contributed by atoms with Crippen molar-refractivity contribution in [1.82, 2.24) is 5.32 Å². The third kappa shape index (κ3) is 7.83. The maximum atomic E-state index is 13.2. The predicted molar refractivity (Wildman–Crippen MR) is 85.1 cm³/mol. The van der Waals surface area contributed by atoms with Gasteiger partial charge in [0.05, 0.1) is 5.02 Å². The van der Waals surface area contributed by atoms with Crippen LogP contribution in [0.5, 0.6) is 0 Å². The number of carbonyl (C=O) groups excluding carboxylic acids is 1. The van der Waals surface area contributed by atoms with Gasteiger partial charge in [0.15, 0.2) is 0 Å². The van der Waals surface area contributed by atoms with Crippen LogP contribution in [0.2, 0.25) is 5.02 Å². The highest BCUT2D eigenvalue weighted by atomic mass is 35.5. The largest absolute Gasteiger partial charge is 0.481 e. The van der Waals surface area contributed by atoms with Crippen molar-refractivity contribution < 1.29 is 23.8 Å². The van der Waals surface area contributed by atoms with E-state index in [-0.39, 0.29) is 17.9 Å². The fourth-order valence-electron chi connectivity index (χ4n) is 1.95. The summed E-state index contributed by atoms with van der Waals surface area (Å²) >= 11 is 5.74. The van der Waals surface area contributed by atoms with Crippen LogP contribution < -0.4 is 5.32 Å². The molecule has 0 aromatic heterocycles. The summed E-state index contributed by atoms with van der Waals surface area (Å²) < 4.78 is 18.4. The molecule has 1 atom stereocenters. The van der Waals surface area contributed by atoms with E-state index in [1.54, 1.807) is 26.8 Å². The van der Waals surface area contributed by atoms with Crippen molar-refractivity contribution in [3.63, 3.8) is 0 Å². The molecule has 0 saturated heterocycles. The Balaban J connectivity index is 2.76. The first-order valence-corrected chi connectivity index (χ1v) is 7.60. The number of hydrogen-bond donors (Lipinski definition) is 2. The van der Waals surface area contributed by atoms with Crippen LogP contribution in [0, 0.1) is 5.82 Å². The summed E-state index contributed by atoms with van der Waals surface area (Å²) in [7, 11) is 0. The zero-order valence-corrected chi connectivity index (χ0v) is 14.1. The molecule has 0 spiro atoms. The predicted octanol–water partition coefficient (Wildman–Crippen LogP) is 3.78. The molecule has 1 aromatic rings. The first-order chi connectivity index (χ1) is 10.6. The Morgan fingerprint density at radius 2 is 2.04 bits per heavy atom. The number of ether oxygens (including phenoxy) is 1. The molecule has 128 valence electrons. The van der Waals surface area contributed by atoms with Gasteiger partial charge in [-0.15, -0.1) is 0 Å². The van der Waals surface area contributed by atoms with Crippen molar-refractivity contribution in [3.05, 3.63) is 34.6 Å². The fraction of sp³-hybridized carbons (Fsp3) is 0.500. The van der Waals surface area contributed by atoms with Crippen molar-refractivity contribution in [1.29, 1.82) is 0 Å². The van der Waals surface area contributed by atoms with E-state index < -0.39 is 29.5 Å². The molecule has 7 heteroatoms. The van der Waals surface area contributed by atoms with Gasteiger partial charge in [-0.25, -0.2) is 9.18 Å². The minimum atomic E-state index is -0.960. The average molecular weight is 346 g/mol. The van der Waals surface area contributed by atoms with Gasteiger partial charge >= 0.3 is 12.1 Å². The Morgan fingerprint density at radius 1 is 1.39 bits per heavy atom. The van der Waals surface area contributed by atoms with E-state index in [2.05, 4.69) is 5.32 Å². The monoisotopic (exact) mass is 345 g/mol. The van der Waals surface area contributed by atoms with Gasteiger partial charge in [0, 0.05) is 12.5 Å². The van der Waals surface area contributed by atoms with E-state index in [1.165, 1.54) is 12.1 Å². The second kappa shape index (κ2) is 8.15. The number of alkyl carbamates (subject to hydrolysis) is 1. The highest BCUT2D eigenvalue weighted by Gasteiger charge is 2.20. The minimum Gasteiger partial charge on any atom is -0.481 e. The van der Waals surface area contributed by atoms with Gasteiger partial charge < -0.3 is 15.2 Å². The first-order valence-electron chi connectivity index (χ1n) is 7.22. The Hall–Kier alpha value is -1.82. The van der Waals surface area contributed by atoms with Gasteiger partial charge in [-0.3, -0.25) is 4.79 Å². The van der Waals surface area contributed by atoms with E-state index in [0.717, 1.165) is 0 Å². The van der Waals surface area contributed by atoms with Gasteiger partial charge in [0.2, 0.25) is 0 Å². The molecular weight excluding hydrogens is 325 g/mol. The Morgan fingerprint density at radius 3 is 2.57 bits per heavy atom. The second-order valence-corrected chi connectivity index (χ2v) is 6.64. The first kappa shape index (κ1) is 19.2. The zero-order chi connectivity index (χ0) is 17.6. The topological polar surface area (TPSA) is 75.6 Å². The standard InChI is InChI=1S/C16H21ClFNO4/c1-16(2,3)23-15(22)19-11(5-7-14(20)21)8-10-4-6-13(18)12(17)9-10/h4,6,9,11H,5,7-8H2,1-3H3,(H,19,22)(H,20,21). The van der Waals surface area contributed by atoms with E-state index in [1.807, 2.05) is 0 Å². The van der Waals surface area contributed by atoms with Gasteiger partial charge in [-0.2, -0.15) is 0 Å². The van der Waals surface area contributed by atoms with Crippen LogP contribution in [-0.2, 0) is 16.0 Å². The van der Waals surface area contributed by atoms with Crippen LogP contribution in [0.4, 0.5) is 9.18 Å². The number of amides is 1. The molecule has 0 radical (unpaired) electrons. The Bertz CT molecular complexity index is 572. The fourth-order valence-corrected chi connectivity index (χ4v) is 2.15. The van der Waals surface area contributed by atoms with Gasteiger partial charge in [-0.1, -0.05) is 17.7 Å². The lowest BCUT2D eigenvalue weighted by atomic mass is 10.0. The molecule has 5 nitrogen and oxygen atoms in total. The van der Waals surface area contributed by atoms with Crippen molar-refractivity contribution >= 4 is 23.7 Å². The molecule has 1 rings (SSSR count). The number of hydrogen-bond acceptors (Lipinski definition) is 3. The zero-order valence-electron chi connectivity index (χ0n) is 13.4. The van der Waals surface area contributed by atoms with Crippen LogP contribution in [0.25, 0.3) is 0 Å². The number of carbonyl (C=O) groups is 2. The third-order valence-electron chi connectivity index (χ3n) is 2.89. The molecule has 0 saturated carbocycles. The van der Waals surface area contributed by atoms with Crippen molar-refractivity contribution in [2.75, 3.05) is 0 Å². The smallest absolute Gasteiger partial charge is 0.407 e. The van der Waals surface area contributed by atoms with Gasteiger partial charge in [0.1, 0.15) is 11.4 Å². The summed E-state index contributed by atoms with van der Waals surface area (Å²) in [6, 6.07) is 3.79. The molecule has 1 unspecified atom stereocenters. The molecule has 0 aliphatic heterocycles. The maximum Gasteiger partial charge on any atom is 0.407 e. The summed E-state index contributed by atoms with van der Waals surface area (Å²) in [5.74, 6) is -1.49. The van der Waals surface area contributed by atoms with Crippen LogP contribution >= 0.6 is 11.6 Å². The number of benzene rings is 1. The number of carboxylic acid groups (broad SMARTS) is 1. The molecule has 1 aromatic carbocycles. The maximum absolute atomic E-state index is 13.2. The summed E-state index contributed by atoms with van der Waals surface area (Å²) in [6.07, 6.45) is -0.174.